The standard InChI is InChI=1S/C13H16FN3.ClH/c1-10(11-3-5-12(14)6-4-11)8-17-9-13(15-2)7-16-17;/h3-7,9-10,15H,8H2,1-2H3;1H. The molecule has 0 spiro atoms. The van der Waals surface area contributed by atoms with Crippen molar-refractivity contribution in [2.75, 3.05) is 12.4 Å². The largest absolute Gasteiger partial charge is 0.386 e. The summed E-state index contributed by atoms with van der Waals surface area (Å²) in [6, 6.07) is 6.63. The summed E-state index contributed by atoms with van der Waals surface area (Å²) >= 11 is 0. The first-order valence-electron chi connectivity index (χ1n) is 5.64. The van der Waals surface area contributed by atoms with Crippen molar-refractivity contribution in [3.63, 3.8) is 0 Å². The van der Waals surface area contributed by atoms with Crippen LogP contribution in [0.3, 0.4) is 0 Å². The highest BCUT2D eigenvalue weighted by atomic mass is 35.5. The van der Waals surface area contributed by atoms with Gasteiger partial charge in [0.25, 0.3) is 0 Å². The van der Waals surface area contributed by atoms with Gasteiger partial charge in [-0.1, -0.05) is 19.1 Å². The lowest BCUT2D eigenvalue weighted by atomic mass is 10.0. The molecule has 3 nitrogen and oxygen atoms in total. The molecule has 1 unspecified atom stereocenters. The van der Waals surface area contributed by atoms with E-state index < -0.39 is 0 Å². The third-order valence-corrected chi connectivity index (χ3v) is 2.82. The molecule has 0 aliphatic rings. The summed E-state index contributed by atoms with van der Waals surface area (Å²) in [6.07, 6.45) is 3.75. The summed E-state index contributed by atoms with van der Waals surface area (Å²) in [7, 11) is 1.87. The number of nitrogens with zero attached hydrogens (tertiary/aromatic N) is 2. The molecule has 18 heavy (non-hydrogen) atoms. The summed E-state index contributed by atoms with van der Waals surface area (Å²) < 4.78 is 14.7. The molecule has 0 fully saturated rings. The maximum absolute atomic E-state index is 12.8. The van der Waals surface area contributed by atoms with Crippen LogP contribution in [0.25, 0.3) is 0 Å². The van der Waals surface area contributed by atoms with Crippen molar-refractivity contribution in [3.8, 4) is 0 Å². The van der Waals surface area contributed by atoms with Crippen molar-refractivity contribution >= 4 is 18.1 Å². The van der Waals surface area contributed by atoms with Gasteiger partial charge in [0, 0.05) is 25.7 Å². The molecule has 0 bridgehead atoms. The Morgan fingerprint density at radius 1 is 1.33 bits per heavy atom. The van der Waals surface area contributed by atoms with E-state index in [2.05, 4.69) is 17.3 Å². The molecule has 5 heteroatoms. The van der Waals surface area contributed by atoms with Crippen LogP contribution >= 0.6 is 12.4 Å². The third kappa shape index (κ3) is 3.47. The van der Waals surface area contributed by atoms with Crippen LogP contribution in [0.5, 0.6) is 0 Å². The molecule has 0 aliphatic heterocycles. The van der Waals surface area contributed by atoms with E-state index in [1.165, 1.54) is 12.1 Å². The average Bonchev–Trinajstić information content (AvgIpc) is 2.77. The first-order valence-corrected chi connectivity index (χ1v) is 5.64. The Balaban J connectivity index is 0.00000162. The van der Waals surface area contributed by atoms with Gasteiger partial charge in [0.2, 0.25) is 0 Å². The normalized spacial score (nSPS) is 11.7. The fraction of sp³-hybridized carbons (Fsp3) is 0.308. The van der Waals surface area contributed by atoms with Gasteiger partial charge in [-0.25, -0.2) is 4.39 Å². The zero-order valence-corrected chi connectivity index (χ0v) is 11.2. The van der Waals surface area contributed by atoms with Crippen molar-refractivity contribution in [1.82, 2.24) is 9.78 Å². The number of hydrogen-bond donors (Lipinski definition) is 1. The van der Waals surface area contributed by atoms with E-state index in [1.54, 1.807) is 6.20 Å². The van der Waals surface area contributed by atoms with E-state index in [0.717, 1.165) is 17.8 Å². The smallest absolute Gasteiger partial charge is 0.123 e. The highest BCUT2D eigenvalue weighted by Gasteiger charge is 2.07. The minimum absolute atomic E-state index is 0. The van der Waals surface area contributed by atoms with Crippen LogP contribution in [0.2, 0.25) is 0 Å². The number of nitrogens with one attached hydrogen (secondary N) is 1. The monoisotopic (exact) mass is 269 g/mol. The predicted molar refractivity (Wildman–Crippen MR) is 73.8 cm³/mol. The Morgan fingerprint density at radius 3 is 2.56 bits per heavy atom. The number of anilines is 1. The molecule has 0 radical (unpaired) electrons. The number of hydrogen-bond acceptors (Lipinski definition) is 2. The summed E-state index contributed by atoms with van der Waals surface area (Å²) in [5.74, 6) is 0.109. The Morgan fingerprint density at radius 2 is 2.00 bits per heavy atom. The van der Waals surface area contributed by atoms with Crippen molar-refractivity contribution in [2.24, 2.45) is 0 Å². The first-order chi connectivity index (χ1) is 8.19. The second kappa shape index (κ2) is 6.40. The topological polar surface area (TPSA) is 29.9 Å². The lowest BCUT2D eigenvalue weighted by molar-refractivity contribution is 0.542. The lowest BCUT2D eigenvalue weighted by Gasteiger charge is -2.11. The van der Waals surface area contributed by atoms with Crippen LogP contribution < -0.4 is 5.32 Å². The summed E-state index contributed by atoms with van der Waals surface area (Å²) in [4.78, 5) is 0. The van der Waals surface area contributed by atoms with Crippen LogP contribution in [-0.2, 0) is 6.54 Å². The van der Waals surface area contributed by atoms with Gasteiger partial charge in [-0.15, -0.1) is 12.4 Å². The lowest BCUT2D eigenvalue weighted by Crippen LogP contribution is -2.06. The molecule has 1 N–H and O–H groups in total. The van der Waals surface area contributed by atoms with Gasteiger partial charge in [-0.05, 0) is 17.7 Å². The molecule has 0 saturated heterocycles. The third-order valence-electron chi connectivity index (χ3n) is 2.82. The van der Waals surface area contributed by atoms with Crippen molar-refractivity contribution in [2.45, 2.75) is 19.4 Å². The van der Waals surface area contributed by atoms with E-state index in [9.17, 15) is 4.39 Å². The van der Waals surface area contributed by atoms with Gasteiger partial charge in [0.15, 0.2) is 0 Å². The molecule has 2 rings (SSSR count). The van der Waals surface area contributed by atoms with Crippen molar-refractivity contribution in [1.29, 1.82) is 0 Å². The van der Waals surface area contributed by atoms with E-state index in [0.29, 0.717) is 5.92 Å². The molecule has 1 aromatic heterocycles. The minimum atomic E-state index is -0.197. The fourth-order valence-corrected chi connectivity index (χ4v) is 1.77. The Kier molecular flexibility index (Phi) is 5.16. The predicted octanol–water partition coefficient (Wildman–Crippen LogP) is 3.29. The molecular weight excluding hydrogens is 253 g/mol. The Bertz CT molecular complexity index is 481. The number of rotatable bonds is 4. The number of aromatic nitrogens is 2. The van der Waals surface area contributed by atoms with Crippen LogP contribution in [0.4, 0.5) is 10.1 Å². The maximum atomic E-state index is 12.8. The van der Waals surface area contributed by atoms with Gasteiger partial charge < -0.3 is 5.32 Å². The van der Waals surface area contributed by atoms with Gasteiger partial charge in [0.05, 0.1) is 11.9 Å². The first kappa shape index (κ1) is 14.5. The molecule has 1 heterocycles. The fourth-order valence-electron chi connectivity index (χ4n) is 1.77. The zero-order chi connectivity index (χ0) is 12.3. The Labute approximate surface area is 112 Å². The quantitative estimate of drug-likeness (QED) is 0.923. The summed E-state index contributed by atoms with van der Waals surface area (Å²) in [6.45, 7) is 2.89. The molecule has 0 saturated carbocycles. The molecule has 0 aliphatic carbocycles. The van der Waals surface area contributed by atoms with Crippen LogP contribution in [-0.4, -0.2) is 16.8 Å². The van der Waals surface area contributed by atoms with Gasteiger partial charge >= 0.3 is 0 Å². The minimum Gasteiger partial charge on any atom is -0.386 e. The molecule has 0 amide bonds. The highest BCUT2D eigenvalue weighted by molar-refractivity contribution is 5.85. The molecule has 1 aromatic carbocycles. The maximum Gasteiger partial charge on any atom is 0.123 e. The summed E-state index contributed by atoms with van der Waals surface area (Å²) in [5.41, 5.74) is 2.12. The number of benzene rings is 1. The molecule has 2 aromatic rings. The second-order valence-corrected chi connectivity index (χ2v) is 4.15. The molecule has 98 valence electrons. The van der Waals surface area contributed by atoms with Gasteiger partial charge in [-0.2, -0.15) is 5.10 Å². The van der Waals surface area contributed by atoms with Gasteiger partial charge in [-0.3, -0.25) is 4.68 Å². The van der Waals surface area contributed by atoms with Gasteiger partial charge in [0.1, 0.15) is 5.82 Å². The van der Waals surface area contributed by atoms with E-state index in [1.807, 2.05) is 30.1 Å². The van der Waals surface area contributed by atoms with Crippen LogP contribution in [0.1, 0.15) is 18.4 Å². The van der Waals surface area contributed by atoms with Crippen LogP contribution in [0, 0.1) is 5.82 Å². The van der Waals surface area contributed by atoms with Crippen molar-refractivity contribution in [3.05, 3.63) is 48.0 Å². The van der Waals surface area contributed by atoms with Crippen molar-refractivity contribution < 1.29 is 4.39 Å². The average molecular weight is 270 g/mol. The molecule has 1 atom stereocenters. The zero-order valence-electron chi connectivity index (χ0n) is 10.4. The van der Waals surface area contributed by atoms with E-state index in [4.69, 9.17) is 0 Å². The Hall–Kier alpha value is -1.55. The summed E-state index contributed by atoms with van der Waals surface area (Å²) in [5, 5.41) is 7.29. The number of halogens is 2. The SMILES string of the molecule is CNc1cnn(CC(C)c2ccc(F)cc2)c1.Cl. The van der Waals surface area contributed by atoms with E-state index in [-0.39, 0.29) is 18.2 Å². The highest BCUT2D eigenvalue weighted by Crippen LogP contribution is 2.18. The van der Waals surface area contributed by atoms with Crippen LogP contribution in [0.15, 0.2) is 36.7 Å². The second-order valence-electron chi connectivity index (χ2n) is 4.15. The molecular formula is C13H17ClFN3. The van der Waals surface area contributed by atoms with E-state index >= 15 is 0 Å².